The Labute approximate surface area is 104 Å². The lowest BCUT2D eigenvalue weighted by Gasteiger charge is -2.17. The third-order valence-electron chi connectivity index (χ3n) is 2.00. The monoisotopic (exact) mass is 269 g/mol. The maximum Gasteiger partial charge on any atom is 0.405 e. The van der Waals surface area contributed by atoms with Gasteiger partial charge in [-0.3, -0.25) is 9.59 Å². The Hall–Kier alpha value is -1.31. The van der Waals surface area contributed by atoms with Crippen LogP contribution >= 0.6 is 0 Å². The summed E-state index contributed by atoms with van der Waals surface area (Å²) in [4.78, 5) is 23.6. The molecule has 106 valence electrons. The molecule has 0 radical (unpaired) electrons. The molecule has 0 saturated heterocycles. The molecule has 0 bridgehead atoms. The lowest BCUT2D eigenvalue weighted by Crippen LogP contribution is -2.44. The Morgan fingerprint density at radius 1 is 1.28 bits per heavy atom. The molecule has 0 atom stereocenters. The summed E-state index contributed by atoms with van der Waals surface area (Å²) in [5.41, 5.74) is 0. The fourth-order valence-electron chi connectivity index (χ4n) is 1.07. The molecule has 2 N–H and O–H groups in total. The predicted molar refractivity (Wildman–Crippen MR) is 59.9 cm³/mol. The first-order valence-corrected chi connectivity index (χ1v) is 5.54. The molecule has 0 aromatic carbocycles. The van der Waals surface area contributed by atoms with Crippen LogP contribution in [0.25, 0.3) is 0 Å². The molecule has 0 aliphatic rings. The number of halogens is 3. The molecule has 0 rings (SSSR count). The lowest BCUT2D eigenvalue weighted by atomic mass is 10.4. The molecule has 0 aromatic rings. The van der Waals surface area contributed by atoms with Crippen LogP contribution in [0.2, 0.25) is 0 Å². The van der Waals surface area contributed by atoms with Crippen molar-refractivity contribution in [1.29, 1.82) is 0 Å². The summed E-state index contributed by atoms with van der Waals surface area (Å²) in [6, 6.07) is 0. The van der Waals surface area contributed by atoms with Gasteiger partial charge < -0.3 is 15.5 Å². The minimum Gasteiger partial charge on any atom is -0.345 e. The number of nitrogens with one attached hydrogen (secondary N) is 2. The van der Waals surface area contributed by atoms with Crippen LogP contribution in [-0.2, 0) is 9.59 Å². The van der Waals surface area contributed by atoms with Crippen LogP contribution < -0.4 is 10.6 Å². The summed E-state index contributed by atoms with van der Waals surface area (Å²) < 4.78 is 35.4. The van der Waals surface area contributed by atoms with E-state index in [-0.39, 0.29) is 19.0 Å². The summed E-state index contributed by atoms with van der Waals surface area (Å²) in [6.07, 6.45) is -3.58. The van der Waals surface area contributed by atoms with Crippen LogP contribution in [0, 0.1) is 0 Å². The standard InChI is InChI=1S/C10H18F3N3O2/c1-3-4-14-5-9(18)16(2)6-8(17)15-7-10(11,12)13/h14H,3-7H2,1-2H3,(H,15,17). The van der Waals surface area contributed by atoms with Crippen molar-refractivity contribution in [3.8, 4) is 0 Å². The zero-order valence-electron chi connectivity index (χ0n) is 10.4. The van der Waals surface area contributed by atoms with Crippen LogP contribution in [0.1, 0.15) is 13.3 Å². The first kappa shape index (κ1) is 16.7. The van der Waals surface area contributed by atoms with E-state index in [1.807, 2.05) is 6.92 Å². The topological polar surface area (TPSA) is 61.4 Å². The van der Waals surface area contributed by atoms with Gasteiger partial charge in [0.15, 0.2) is 0 Å². The van der Waals surface area contributed by atoms with Gasteiger partial charge in [0.25, 0.3) is 0 Å². The van der Waals surface area contributed by atoms with Gasteiger partial charge >= 0.3 is 6.18 Å². The molecule has 18 heavy (non-hydrogen) atoms. The number of hydrogen-bond acceptors (Lipinski definition) is 3. The highest BCUT2D eigenvalue weighted by Crippen LogP contribution is 2.11. The number of rotatable bonds is 7. The normalized spacial score (nSPS) is 11.2. The number of amides is 2. The van der Waals surface area contributed by atoms with Gasteiger partial charge in [-0.05, 0) is 13.0 Å². The van der Waals surface area contributed by atoms with Crippen molar-refractivity contribution in [2.45, 2.75) is 19.5 Å². The van der Waals surface area contributed by atoms with Gasteiger partial charge in [0, 0.05) is 7.05 Å². The second kappa shape index (κ2) is 7.91. The van der Waals surface area contributed by atoms with Gasteiger partial charge in [0.05, 0.1) is 13.1 Å². The van der Waals surface area contributed by atoms with E-state index in [1.165, 1.54) is 7.05 Å². The van der Waals surface area contributed by atoms with Crippen molar-refractivity contribution in [3.05, 3.63) is 0 Å². The average molecular weight is 269 g/mol. The molecular formula is C10H18F3N3O2. The highest BCUT2D eigenvalue weighted by Gasteiger charge is 2.27. The maximum atomic E-state index is 11.8. The fraction of sp³-hybridized carbons (Fsp3) is 0.800. The van der Waals surface area contributed by atoms with Crippen LogP contribution in [-0.4, -0.2) is 56.1 Å². The quantitative estimate of drug-likeness (QED) is 0.645. The molecule has 0 heterocycles. The number of carbonyl (C=O) groups is 2. The van der Waals surface area contributed by atoms with Gasteiger partial charge in [0.2, 0.25) is 11.8 Å². The van der Waals surface area contributed by atoms with E-state index in [4.69, 9.17) is 0 Å². The molecule has 0 unspecified atom stereocenters. The van der Waals surface area contributed by atoms with Crippen molar-refractivity contribution in [1.82, 2.24) is 15.5 Å². The molecule has 0 fully saturated rings. The smallest absolute Gasteiger partial charge is 0.345 e. The van der Waals surface area contributed by atoms with E-state index in [0.29, 0.717) is 6.54 Å². The molecular weight excluding hydrogens is 251 g/mol. The lowest BCUT2D eigenvalue weighted by molar-refractivity contribution is -0.141. The minimum atomic E-state index is -4.44. The highest BCUT2D eigenvalue weighted by atomic mass is 19.4. The van der Waals surface area contributed by atoms with Crippen LogP contribution in [0.5, 0.6) is 0 Å². The Kier molecular flexibility index (Phi) is 7.33. The summed E-state index contributed by atoms with van der Waals surface area (Å²) in [7, 11) is 1.36. The second-order valence-corrected chi connectivity index (χ2v) is 3.82. The summed E-state index contributed by atoms with van der Waals surface area (Å²) in [5.74, 6) is -1.18. The van der Waals surface area contributed by atoms with Gasteiger partial charge in [-0.1, -0.05) is 6.92 Å². The number of carbonyl (C=O) groups excluding carboxylic acids is 2. The fourth-order valence-corrected chi connectivity index (χ4v) is 1.07. The van der Waals surface area contributed by atoms with E-state index in [0.717, 1.165) is 11.3 Å². The van der Waals surface area contributed by atoms with Crippen LogP contribution in [0.3, 0.4) is 0 Å². The largest absolute Gasteiger partial charge is 0.405 e. The van der Waals surface area contributed by atoms with Gasteiger partial charge in [0.1, 0.15) is 6.54 Å². The predicted octanol–water partition coefficient (Wildman–Crippen LogP) is 0.123. The molecule has 0 spiro atoms. The van der Waals surface area contributed by atoms with Crippen LogP contribution in [0.4, 0.5) is 13.2 Å². The number of nitrogens with zero attached hydrogens (tertiary/aromatic N) is 1. The van der Waals surface area contributed by atoms with E-state index in [2.05, 4.69) is 5.32 Å². The zero-order chi connectivity index (χ0) is 14.2. The van der Waals surface area contributed by atoms with Crippen molar-refractivity contribution in [2.24, 2.45) is 0 Å². The molecule has 2 amide bonds. The second-order valence-electron chi connectivity index (χ2n) is 3.82. The first-order valence-electron chi connectivity index (χ1n) is 5.54. The van der Waals surface area contributed by atoms with Gasteiger partial charge in [-0.15, -0.1) is 0 Å². The Morgan fingerprint density at radius 2 is 1.89 bits per heavy atom. The Morgan fingerprint density at radius 3 is 2.39 bits per heavy atom. The van der Waals surface area contributed by atoms with Crippen LogP contribution in [0.15, 0.2) is 0 Å². The van der Waals surface area contributed by atoms with E-state index < -0.39 is 18.6 Å². The zero-order valence-corrected chi connectivity index (χ0v) is 10.4. The van der Waals surface area contributed by atoms with Crippen molar-refractivity contribution < 1.29 is 22.8 Å². The third-order valence-corrected chi connectivity index (χ3v) is 2.00. The van der Waals surface area contributed by atoms with E-state index >= 15 is 0 Å². The van der Waals surface area contributed by atoms with Crippen molar-refractivity contribution in [2.75, 3.05) is 33.2 Å². The summed E-state index contributed by atoms with van der Waals surface area (Å²) in [5, 5.41) is 4.54. The third kappa shape index (κ3) is 8.80. The maximum absolute atomic E-state index is 11.8. The Bertz CT molecular complexity index is 282. The summed E-state index contributed by atoms with van der Waals surface area (Å²) in [6.45, 7) is 0.896. The molecule has 0 aromatic heterocycles. The Balaban J connectivity index is 3.88. The highest BCUT2D eigenvalue weighted by molar-refractivity contribution is 5.85. The molecule has 0 saturated carbocycles. The number of likely N-dealkylation sites (N-methyl/N-ethyl adjacent to an activating group) is 1. The van der Waals surface area contributed by atoms with E-state index in [9.17, 15) is 22.8 Å². The molecule has 0 aliphatic heterocycles. The average Bonchev–Trinajstić information content (AvgIpc) is 2.25. The molecule has 5 nitrogen and oxygen atoms in total. The van der Waals surface area contributed by atoms with Crippen molar-refractivity contribution >= 4 is 11.8 Å². The van der Waals surface area contributed by atoms with Crippen molar-refractivity contribution in [3.63, 3.8) is 0 Å². The van der Waals surface area contributed by atoms with Gasteiger partial charge in [-0.25, -0.2) is 0 Å². The number of hydrogen-bond donors (Lipinski definition) is 2. The number of alkyl halides is 3. The van der Waals surface area contributed by atoms with E-state index in [1.54, 1.807) is 5.32 Å². The summed E-state index contributed by atoms with van der Waals surface area (Å²) >= 11 is 0. The first-order chi connectivity index (χ1) is 8.26. The SMILES string of the molecule is CCCNCC(=O)N(C)CC(=O)NCC(F)(F)F. The minimum absolute atomic E-state index is 0.0664. The van der Waals surface area contributed by atoms with Gasteiger partial charge in [-0.2, -0.15) is 13.2 Å². The molecule has 8 heteroatoms. The molecule has 0 aliphatic carbocycles.